The summed E-state index contributed by atoms with van der Waals surface area (Å²) in [5.74, 6) is 0.290. The highest BCUT2D eigenvalue weighted by molar-refractivity contribution is 5.86. The number of rotatable bonds is 4. The summed E-state index contributed by atoms with van der Waals surface area (Å²) in [7, 11) is 0. The molecule has 1 aliphatic rings. The minimum absolute atomic E-state index is 0.0699. The van der Waals surface area contributed by atoms with Crippen molar-refractivity contribution in [3.63, 3.8) is 0 Å². The summed E-state index contributed by atoms with van der Waals surface area (Å²) >= 11 is 0. The first-order valence-electron chi connectivity index (χ1n) is 7.54. The van der Waals surface area contributed by atoms with E-state index in [0.717, 1.165) is 42.9 Å². The molecule has 2 heterocycles. The second kappa shape index (κ2) is 6.13. The molecule has 0 atom stereocenters. The van der Waals surface area contributed by atoms with Crippen molar-refractivity contribution in [3.05, 3.63) is 53.0 Å². The molecule has 5 heteroatoms. The Labute approximate surface area is 129 Å². The molecule has 2 aromatic rings. The maximum atomic E-state index is 11.3. The second-order valence-electron chi connectivity index (χ2n) is 5.63. The first-order valence-corrected chi connectivity index (χ1v) is 7.54. The molecule has 0 radical (unpaired) electrons. The van der Waals surface area contributed by atoms with Crippen LogP contribution in [0, 0.1) is 6.92 Å². The van der Waals surface area contributed by atoms with Crippen LogP contribution in [0.3, 0.4) is 0 Å². The lowest BCUT2D eigenvalue weighted by atomic mass is 10.1. The quantitative estimate of drug-likeness (QED) is 0.940. The molecule has 1 aromatic heterocycles. The number of hydrogen-bond acceptors (Lipinski definition) is 4. The molecule has 1 saturated heterocycles. The molecule has 0 unspecified atom stereocenters. The molecule has 1 fully saturated rings. The zero-order valence-corrected chi connectivity index (χ0v) is 12.6. The van der Waals surface area contributed by atoms with Crippen LogP contribution in [0.15, 0.2) is 30.3 Å². The van der Waals surface area contributed by atoms with Gasteiger partial charge < -0.3 is 10.0 Å². The molecule has 22 heavy (non-hydrogen) atoms. The number of aromatic nitrogens is 2. The summed E-state index contributed by atoms with van der Waals surface area (Å²) in [5, 5.41) is 9.29. The maximum absolute atomic E-state index is 11.3. The van der Waals surface area contributed by atoms with Crippen LogP contribution in [0.1, 0.15) is 40.3 Å². The van der Waals surface area contributed by atoms with Crippen molar-refractivity contribution >= 4 is 11.8 Å². The number of hydrogen-bond donors (Lipinski definition) is 1. The van der Waals surface area contributed by atoms with E-state index in [9.17, 15) is 9.90 Å². The molecule has 5 nitrogen and oxygen atoms in total. The highest BCUT2D eigenvalue weighted by atomic mass is 16.4. The fourth-order valence-corrected chi connectivity index (χ4v) is 2.76. The number of benzene rings is 1. The van der Waals surface area contributed by atoms with Crippen LogP contribution in [0.25, 0.3) is 0 Å². The molecule has 0 bridgehead atoms. The standard InChI is InChI=1S/C17H19N3O2/c1-12-6-2-3-7-13(12)10-15-18-14(17(21)22)11-16(19-15)20-8-4-5-9-20/h2-3,6-7,11H,4-5,8-10H2,1H3,(H,21,22). The normalized spacial score (nSPS) is 14.3. The van der Waals surface area contributed by atoms with Gasteiger partial charge in [-0.2, -0.15) is 0 Å². The van der Waals surface area contributed by atoms with Gasteiger partial charge in [-0.3, -0.25) is 0 Å². The minimum atomic E-state index is -1.01. The molecular weight excluding hydrogens is 278 g/mol. The van der Waals surface area contributed by atoms with Gasteiger partial charge in [0, 0.05) is 25.6 Å². The zero-order chi connectivity index (χ0) is 15.5. The van der Waals surface area contributed by atoms with Gasteiger partial charge in [-0.25, -0.2) is 14.8 Å². The van der Waals surface area contributed by atoms with Crippen LogP contribution < -0.4 is 4.90 Å². The zero-order valence-electron chi connectivity index (χ0n) is 12.6. The van der Waals surface area contributed by atoms with Crippen molar-refractivity contribution in [2.75, 3.05) is 18.0 Å². The lowest BCUT2D eigenvalue weighted by molar-refractivity contribution is 0.0690. The van der Waals surface area contributed by atoms with E-state index < -0.39 is 5.97 Å². The van der Waals surface area contributed by atoms with Gasteiger partial charge in [0.15, 0.2) is 5.69 Å². The Balaban J connectivity index is 1.95. The van der Waals surface area contributed by atoms with Crippen molar-refractivity contribution < 1.29 is 9.90 Å². The van der Waals surface area contributed by atoms with Crippen molar-refractivity contribution in [3.8, 4) is 0 Å². The van der Waals surface area contributed by atoms with Gasteiger partial charge in [-0.15, -0.1) is 0 Å². The Morgan fingerprint density at radius 3 is 2.64 bits per heavy atom. The Hall–Kier alpha value is -2.43. The molecular formula is C17H19N3O2. The van der Waals surface area contributed by atoms with Crippen molar-refractivity contribution in [1.29, 1.82) is 0 Å². The minimum Gasteiger partial charge on any atom is -0.477 e. The summed E-state index contributed by atoms with van der Waals surface area (Å²) in [4.78, 5) is 22.3. The van der Waals surface area contributed by atoms with Gasteiger partial charge in [0.25, 0.3) is 0 Å². The summed E-state index contributed by atoms with van der Waals surface area (Å²) < 4.78 is 0. The smallest absolute Gasteiger partial charge is 0.354 e. The van der Waals surface area contributed by atoms with Crippen LogP contribution in [0.4, 0.5) is 5.82 Å². The third-order valence-corrected chi connectivity index (χ3v) is 4.02. The van der Waals surface area contributed by atoms with E-state index in [1.165, 1.54) is 0 Å². The Bertz CT molecular complexity index is 694. The van der Waals surface area contributed by atoms with E-state index in [1.54, 1.807) is 6.07 Å². The molecule has 3 rings (SSSR count). The van der Waals surface area contributed by atoms with E-state index in [1.807, 2.05) is 31.2 Å². The topological polar surface area (TPSA) is 66.3 Å². The van der Waals surface area contributed by atoms with Crippen LogP contribution >= 0.6 is 0 Å². The average molecular weight is 297 g/mol. The summed E-state index contributed by atoms with van der Waals surface area (Å²) in [5.41, 5.74) is 2.35. The number of aromatic carboxylic acids is 1. The largest absolute Gasteiger partial charge is 0.477 e. The number of anilines is 1. The van der Waals surface area contributed by atoms with Gasteiger partial charge >= 0.3 is 5.97 Å². The highest BCUT2D eigenvalue weighted by Crippen LogP contribution is 2.20. The fraction of sp³-hybridized carbons (Fsp3) is 0.353. The third kappa shape index (κ3) is 3.08. The van der Waals surface area contributed by atoms with E-state index in [4.69, 9.17) is 0 Å². The van der Waals surface area contributed by atoms with Crippen molar-refractivity contribution in [1.82, 2.24) is 9.97 Å². The molecule has 0 saturated carbocycles. The molecule has 1 N–H and O–H groups in total. The number of aryl methyl sites for hydroxylation is 1. The van der Waals surface area contributed by atoms with Gasteiger partial charge in [-0.1, -0.05) is 24.3 Å². The van der Waals surface area contributed by atoms with Crippen LogP contribution in [-0.4, -0.2) is 34.1 Å². The molecule has 1 aliphatic heterocycles. The molecule has 0 spiro atoms. The number of carboxylic acid groups (broad SMARTS) is 1. The number of carbonyl (C=O) groups is 1. The van der Waals surface area contributed by atoms with Gasteiger partial charge in [0.05, 0.1) is 0 Å². The van der Waals surface area contributed by atoms with Crippen LogP contribution in [-0.2, 0) is 6.42 Å². The predicted molar refractivity (Wildman–Crippen MR) is 84.4 cm³/mol. The third-order valence-electron chi connectivity index (χ3n) is 4.02. The first kappa shape index (κ1) is 14.5. The second-order valence-corrected chi connectivity index (χ2v) is 5.63. The highest BCUT2D eigenvalue weighted by Gasteiger charge is 2.18. The maximum Gasteiger partial charge on any atom is 0.354 e. The first-order chi connectivity index (χ1) is 10.6. The van der Waals surface area contributed by atoms with E-state index in [0.29, 0.717) is 12.2 Å². The van der Waals surface area contributed by atoms with Crippen molar-refractivity contribution in [2.24, 2.45) is 0 Å². The average Bonchev–Trinajstić information content (AvgIpc) is 3.03. The number of carboxylic acids is 1. The summed E-state index contributed by atoms with van der Waals surface area (Å²) in [6.07, 6.45) is 2.80. The lowest BCUT2D eigenvalue weighted by Gasteiger charge is -2.17. The number of nitrogens with zero attached hydrogens (tertiary/aromatic N) is 3. The van der Waals surface area contributed by atoms with Crippen molar-refractivity contribution in [2.45, 2.75) is 26.2 Å². The van der Waals surface area contributed by atoms with E-state index in [2.05, 4.69) is 14.9 Å². The van der Waals surface area contributed by atoms with Gasteiger partial charge in [0.2, 0.25) is 0 Å². The molecule has 1 aromatic carbocycles. The Morgan fingerprint density at radius 2 is 1.95 bits per heavy atom. The van der Waals surface area contributed by atoms with Gasteiger partial charge in [0.1, 0.15) is 11.6 Å². The Kier molecular flexibility index (Phi) is 4.04. The Morgan fingerprint density at radius 1 is 1.23 bits per heavy atom. The predicted octanol–water partition coefficient (Wildman–Crippen LogP) is 2.67. The van der Waals surface area contributed by atoms with E-state index in [-0.39, 0.29) is 5.69 Å². The van der Waals surface area contributed by atoms with Crippen LogP contribution in [0.5, 0.6) is 0 Å². The van der Waals surface area contributed by atoms with Crippen LogP contribution in [0.2, 0.25) is 0 Å². The lowest BCUT2D eigenvalue weighted by Crippen LogP contribution is -2.21. The SMILES string of the molecule is Cc1ccccc1Cc1nc(C(=O)O)cc(N2CCCC2)n1. The van der Waals surface area contributed by atoms with E-state index >= 15 is 0 Å². The fourth-order valence-electron chi connectivity index (χ4n) is 2.76. The molecule has 114 valence electrons. The monoisotopic (exact) mass is 297 g/mol. The molecule has 0 amide bonds. The summed E-state index contributed by atoms with van der Waals surface area (Å²) in [6, 6.07) is 9.61. The molecule has 0 aliphatic carbocycles. The van der Waals surface area contributed by atoms with Gasteiger partial charge in [-0.05, 0) is 30.9 Å². The summed E-state index contributed by atoms with van der Waals surface area (Å²) in [6.45, 7) is 3.90.